The third-order valence-electron chi connectivity index (χ3n) is 11.2. The lowest BCUT2D eigenvalue weighted by molar-refractivity contribution is 1.02. The molecule has 2 aromatic heterocycles. The van der Waals surface area contributed by atoms with Gasteiger partial charge in [0.15, 0.2) is 11.6 Å². The van der Waals surface area contributed by atoms with Gasteiger partial charge >= 0.3 is 0 Å². The molecule has 11 rings (SSSR count). The van der Waals surface area contributed by atoms with Crippen molar-refractivity contribution in [1.82, 2.24) is 19.1 Å². The molecule has 0 aliphatic rings. The molecular formula is C54H36N4. The van der Waals surface area contributed by atoms with Crippen molar-refractivity contribution in [3.63, 3.8) is 0 Å². The van der Waals surface area contributed by atoms with E-state index in [1.807, 2.05) is 0 Å². The lowest BCUT2D eigenvalue weighted by Gasteiger charge is -2.20. The Morgan fingerprint density at radius 1 is 0.310 bits per heavy atom. The summed E-state index contributed by atoms with van der Waals surface area (Å²) in [6.45, 7) is 0. The van der Waals surface area contributed by atoms with Crippen LogP contribution in [0.3, 0.4) is 0 Å². The minimum atomic E-state index is 0.758. The molecule has 0 N–H and O–H groups in total. The van der Waals surface area contributed by atoms with Crippen LogP contribution in [0.4, 0.5) is 0 Å². The van der Waals surface area contributed by atoms with Gasteiger partial charge < -0.3 is 0 Å². The number of hydrogen-bond acceptors (Lipinski definition) is 2. The molecule has 58 heavy (non-hydrogen) atoms. The number of para-hydroxylation sites is 4. The van der Waals surface area contributed by atoms with Crippen LogP contribution in [0.1, 0.15) is 0 Å². The second kappa shape index (κ2) is 14.0. The van der Waals surface area contributed by atoms with Crippen LogP contribution < -0.4 is 0 Å². The Balaban J connectivity index is 1.38. The summed E-state index contributed by atoms with van der Waals surface area (Å²) in [5.74, 6) is 1.52. The fraction of sp³-hybridized carbons (Fsp3) is 0. The van der Waals surface area contributed by atoms with Crippen molar-refractivity contribution in [2.24, 2.45) is 0 Å². The lowest BCUT2D eigenvalue weighted by atomic mass is 9.85. The molecular weight excluding hydrogens is 705 g/mol. The van der Waals surface area contributed by atoms with E-state index in [4.69, 9.17) is 9.97 Å². The van der Waals surface area contributed by atoms with E-state index < -0.39 is 0 Å². The normalized spacial score (nSPS) is 11.4. The number of aromatic nitrogens is 4. The Hall–Kier alpha value is -7.82. The number of fused-ring (bicyclic) bond motifs is 3. The monoisotopic (exact) mass is 740 g/mol. The van der Waals surface area contributed by atoms with Crippen LogP contribution in [0.25, 0.3) is 100 Å². The van der Waals surface area contributed by atoms with Gasteiger partial charge in [0.25, 0.3) is 0 Å². The average Bonchev–Trinajstić information content (AvgIpc) is 3.89. The smallest absolute Gasteiger partial charge is 0.182 e. The maximum Gasteiger partial charge on any atom is 0.182 e. The van der Waals surface area contributed by atoms with Gasteiger partial charge in [-0.25, -0.2) is 9.97 Å². The van der Waals surface area contributed by atoms with Crippen LogP contribution >= 0.6 is 0 Å². The van der Waals surface area contributed by atoms with E-state index >= 15 is 0 Å². The molecule has 2 heterocycles. The second-order valence-electron chi connectivity index (χ2n) is 14.5. The van der Waals surface area contributed by atoms with Crippen molar-refractivity contribution in [3.05, 3.63) is 218 Å². The van der Waals surface area contributed by atoms with E-state index in [2.05, 4.69) is 228 Å². The van der Waals surface area contributed by atoms with Crippen molar-refractivity contribution in [3.8, 4) is 67.5 Å². The molecule has 0 saturated heterocycles. The number of benzene rings is 9. The van der Waals surface area contributed by atoms with Gasteiger partial charge in [-0.3, -0.25) is 9.13 Å². The molecule has 0 radical (unpaired) electrons. The highest BCUT2D eigenvalue weighted by molar-refractivity contribution is 6.22. The van der Waals surface area contributed by atoms with Crippen molar-refractivity contribution in [2.45, 2.75) is 0 Å². The largest absolute Gasteiger partial charge is 0.290 e. The van der Waals surface area contributed by atoms with E-state index in [0.29, 0.717) is 0 Å². The Morgan fingerprint density at radius 3 is 1.31 bits per heavy atom. The third kappa shape index (κ3) is 5.46. The predicted octanol–water partition coefficient (Wildman–Crippen LogP) is 13.9. The SMILES string of the molecule is c1ccc(-c2ccccc2-c2c3ccccc3c(-c3ccccc3-c3ccccc3)c3c2nc(-c2nc4ccccc4n2-c2ccccc2)n3-c2ccccc2)cc1. The summed E-state index contributed by atoms with van der Waals surface area (Å²) < 4.78 is 4.61. The molecule has 4 nitrogen and oxygen atoms in total. The van der Waals surface area contributed by atoms with Crippen molar-refractivity contribution >= 4 is 32.8 Å². The standard InChI is InChI=1S/C54H36N4/c1-5-21-37(22-6-1)41-29-13-15-31-43(41)49-45-33-17-18-34-46(45)50(44-32-16-14-30-42(44)38-23-7-2-8-24-38)52-51(49)56-54(58(52)40-27-11-4-12-28-40)53-55-47-35-19-20-36-48(47)57(53)39-25-9-3-10-26-39/h1-36H. The van der Waals surface area contributed by atoms with E-state index in [0.717, 1.165) is 100 Å². The van der Waals surface area contributed by atoms with Gasteiger partial charge in [0, 0.05) is 22.5 Å². The number of rotatable bonds is 7. The first-order valence-electron chi connectivity index (χ1n) is 19.7. The zero-order valence-electron chi connectivity index (χ0n) is 31.6. The van der Waals surface area contributed by atoms with Gasteiger partial charge in [-0.1, -0.05) is 182 Å². The molecule has 272 valence electrons. The van der Waals surface area contributed by atoms with Gasteiger partial charge in [-0.2, -0.15) is 0 Å². The molecule has 9 aromatic carbocycles. The molecule has 0 bridgehead atoms. The third-order valence-corrected chi connectivity index (χ3v) is 11.2. The summed E-state index contributed by atoms with van der Waals surface area (Å²) in [4.78, 5) is 11.3. The Morgan fingerprint density at radius 2 is 0.724 bits per heavy atom. The zero-order valence-corrected chi connectivity index (χ0v) is 31.6. The van der Waals surface area contributed by atoms with Gasteiger partial charge in [0.05, 0.1) is 22.1 Å². The lowest BCUT2D eigenvalue weighted by Crippen LogP contribution is -2.04. The molecule has 0 aliphatic carbocycles. The molecule has 0 spiro atoms. The van der Waals surface area contributed by atoms with Crippen LogP contribution in [0.15, 0.2) is 218 Å². The summed E-state index contributed by atoms with van der Waals surface area (Å²) in [6, 6.07) is 77.3. The van der Waals surface area contributed by atoms with Crippen LogP contribution in [0, 0.1) is 0 Å². The highest BCUT2D eigenvalue weighted by atomic mass is 15.2. The van der Waals surface area contributed by atoms with Gasteiger partial charge in [-0.05, 0) is 80.6 Å². The van der Waals surface area contributed by atoms with Crippen LogP contribution in [-0.4, -0.2) is 19.1 Å². The van der Waals surface area contributed by atoms with Crippen LogP contribution in [0.5, 0.6) is 0 Å². The summed E-state index contributed by atoms with van der Waals surface area (Å²) in [5.41, 5.74) is 15.0. The first-order valence-corrected chi connectivity index (χ1v) is 19.7. The fourth-order valence-corrected chi connectivity index (χ4v) is 8.68. The highest BCUT2D eigenvalue weighted by Gasteiger charge is 2.29. The summed E-state index contributed by atoms with van der Waals surface area (Å²) in [5, 5.41) is 2.29. The quantitative estimate of drug-likeness (QED) is 0.163. The molecule has 11 aromatic rings. The fourth-order valence-electron chi connectivity index (χ4n) is 8.68. The van der Waals surface area contributed by atoms with Crippen LogP contribution in [-0.2, 0) is 0 Å². The van der Waals surface area contributed by atoms with E-state index in [-0.39, 0.29) is 0 Å². The van der Waals surface area contributed by atoms with Gasteiger partial charge in [0.1, 0.15) is 0 Å². The van der Waals surface area contributed by atoms with Crippen LogP contribution in [0.2, 0.25) is 0 Å². The van der Waals surface area contributed by atoms with Crippen molar-refractivity contribution in [1.29, 1.82) is 0 Å². The zero-order chi connectivity index (χ0) is 38.4. The van der Waals surface area contributed by atoms with E-state index in [1.54, 1.807) is 0 Å². The number of imidazole rings is 2. The van der Waals surface area contributed by atoms with Gasteiger partial charge in [-0.15, -0.1) is 0 Å². The van der Waals surface area contributed by atoms with Crippen molar-refractivity contribution < 1.29 is 0 Å². The molecule has 4 heteroatoms. The average molecular weight is 741 g/mol. The summed E-state index contributed by atoms with van der Waals surface area (Å²) in [7, 11) is 0. The molecule has 0 fully saturated rings. The van der Waals surface area contributed by atoms with E-state index in [1.165, 1.54) is 0 Å². The summed E-state index contributed by atoms with van der Waals surface area (Å²) in [6.07, 6.45) is 0. The Kier molecular flexibility index (Phi) is 8.11. The molecule has 0 saturated carbocycles. The minimum Gasteiger partial charge on any atom is -0.290 e. The van der Waals surface area contributed by atoms with E-state index in [9.17, 15) is 0 Å². The Labute approximate surface area is 336 Å². The molecule has 0 unspecified atom stereocenters. The number of hydrogen-bond donors (Lipinski definition) is 0. The predicted molar refractivity (Wildman–Crippen MR) is 240 cm³/mol. The topological polar surface area (TPSA) is 35.6 Å². The molecule has 0 atom stereocenters. The second-order valence-corrected chi connectivity index (χ2v) is 14.5. The maximum absolute atomic E-state index is 5.87. The first kappa shape index (κ1) is 33.5. The number of nitrogens with zero attached hydrogens (tertiary/aromatic N) is 4. The molecule has 0 amide bonds. The highest BCUT2D eigenvalue weighted by Crippen LogP contribution is 2.49. The maximum atomic E-state index is 5.87. The molecule has 0 aliphatic heterocycles. The van der Waals surface area contributed by atoms with Gasteiger partial charge in [0.2, 0.25) is 0 Å². The minimum absolute atomic E-state index is 0.758. The Bertz CT molecular complexity index is 3260. The first-order chi connectivity index (χ1) is 28.8. The van der Waals surface area contributed by atoms with Crippen molar-refractivity contribution in [2.75, 3.05) is 0 Å². The summed E-state index contributed by atoms with van der Waals surface area (Å²) >= 11 is 0.